The van der Waals surface area contributed by atoms with E-state index in [-0.39, 0.29) is 22.1 Å². The fourth-order valence-corrected chi connectivity index (χ4v) is 2.08. The number of thiocarbonyl (C=S) groups is 1. The average Bonchev–Trinajstić information content (AvgIpc) is 2.50. The summed E-state index contributed by atoms with van der Waals surface area (Å²) in [5, 5.41) is 3.07. The van der Waals surface area contributed by atoms with Crippen molar-refractivity contribution in [3.8, 4) is 0 Å². The largest absolute Gasteiger partial charge is 0.338 e. The predicted molar refractivity (Wildman–Crippen MR) is 85.4 cm³/mol. The standard InChI is InChI=1S/C13H9N5O3S/c19-10-6-3-1-2-4-7(6)15-9(17-10)12(22)16-8-5-14-13(21)18-11(8)20/h1-5H,(H,16,22)(H,15,17,19)(H2,14,18,20,21). The second-order valence-corrected chi connectivity index (χ2v) is 4.78. The van der Waals surface area contributed by atoms with Gasteiger partial charge in [0.25, 0.3) is 11.1 Å². The quantitative estimate of drug-likeness (QED) is 0.497. The summed E-state index contributed by atoms with van der Waals surface area (Å²) in [4.78, 5) is 45.7. The molecule has 1 aromatic carbocycles. The lowest BCUT2D eigenvalue weighted by molar-refractivity contribution is 1.04. The van der Waals surface area contributed by atoms with Crippen LogP contribution >= 0.6 is 12.2 Å². The van der Waals surface area contributed by atoms with Gasteiger partial charge in [-0.3, -0.25) is 14.6 Å². The topological polar surface area (TPSA) is 123 Å². The summed E-state index contributed by atoms with van der Waals surface area (Å²) < 4.78 is 0. The number of hydrogen-bond acceptors (Lipinski definition) is 5. The van der Waals surface area contributed by atoms with Crippen molar-refractivity contribution in [1.82, 2.24) is 19.9 Å². The first kappa shape index (κ1) is 13.9. The van der Waals surface area contributed by atoms with E-state index in [0.717, 1.165) is 0 Å². The van der Waals surface area contributed by atoms with Crippen LogP contribution in [0.5, 0.6) is 0 Å². The summed E-state index contributed by atoms with van der Waals surface area (Å²) in [7, 11) is 0. The Morgan fingerprint density at radius 1 is 1.09 bits per heavy atom. The normalized spacial score (nSPS) is 10.5. The highest BCUT2D eigenvalue weighted by atomic mass is 32.1. The molecule has 0 saturated heterocycles. The molecule has 110 valence electrons. The van der Waals surface area contributed by atoms with Crippen molar-refractivity contribution in [3.05, 3.63) is 67.5 Å². The first-order valence-corrected chi connectivity index (χ1v) is 6.58. The zero-order valence-electron chi connectivity index (χ0n) is 11.0. The Hall–Kier alpha value is -3.07. The van der Waals surface area contributed by atoms with Gasteiger partial charge in [-0.1, -0.05) is 24.4 Å². The maximum absolute atomic E-state index is 12.0. The molecule has 0 aliphatic heterocycles. The first-order chi connectivity index (χ1) is 10.5. The SMILES string of the molecule is O=c1[nH]cc(NC(=S)c2nc3ccccc3c(=O)[nH]2)c(=O)[nH]1. The molecule has 0 aliphatic rings. The van der Waals surface area contributed by atoms with E-state index < -0.39 is 11.2 Å². The highest BCUT2D eigenvalue weighted by Gasteiger charge is 2.10. The number of aromatic amines is 3. The number of hydrogen-bond donors (Lipinski definition) is 4. The molecule has 0 fully saturated rings. The molecule has 0 saturated carbocycles. The summed E-state index contributed by atoms with van der Waals surface area (Å²) in [6.07, 6.45) is 1.19. The molecule has 0 unspecified atom stereocenters. The van der Waals surface area contributed by atoms with Gasteiger partial charge in [0, 0.05) is 6.20 Å². The van der Waals surface area contributed by atoms with Crippen molar-refractivity contribution in [3.63, 3.8) is 0 Å². The average molecular weight is 315 g/mol. The maximum atomic E-state index is 12.0. The lowest BCUT2D eigenvalue weighted by Gasteiger charge is -2.06. The minimum Gasteiger partial charge on any atom is -0.338 e. The zero-order valence-corrected chi connectivity index (χ0v) is 11.8. The third kappa shape index (κ3) is 2.56. The van der Waals surface area contributed by atoms with Gasteiger partial charge in [0.1, 0.15) is 10.7 Å². The molecule has 2 heterocycles. The van der Waals surface area contributed by atoms with E-state index in [9.17, 15) is 14.4 Å². The molecule has 0 atom stereocenters. The molecule has 9 heteroatoms. The van der Waals surface area contributed by atoms with Crippen molar-refractivity contribution in [2.24, 2.45) is 0 Å². The molecular weight excluding hydrogens is 306 g/mol. The van der Waals surface area contributed by atoms with Gasteiger partial charge in [-0.15, -0.1) is 0 Å². The van der Waals surface area contributed by atoms with Crippen LogP contribution in [0.15, 0.2) is 44.8 Å². The monoisotopic (exact) mass is 315 g/mol. The Morgan fingerprint density at radius 3 is 2.64 bits per heavy atom. The van der Waals surface area contributed by atoms with Gasteiger partial charge >= 0.3 is 5.69 Å². The fraction of sp³-hybridized carbons (Fsp3) is 0. The van der Waals surface area contributed by atoms with Crippen molar-refractivity contribution in [2.75, 3.05) is 5.32 Å². The highest BCUT2D eigenvalue weighted by molar-refractivity contribution is 7.81. The Morgan fingerprint density at radius 2 is 1.86 bits per heavy atom. The first-order valence-electron chi connectivity index (χ1n) is 6.17. The smallest absolute Gasteiger partial charge is 0.325 e. The van der Waals surface area contributed by atoms with Crippen LogP contribution in [-0.4, -0.2) is 24.9 Å². The summed E-state index contributed by atoms with van der Waals surface area (Å²) in [6.45, 7) is 0. The van der Waals surface area contributed by atoms with E-state index >= 15 is 0 Å². The molecule has 4 N–H and O–H groups in total. The van der Waals surface area contributed by atoms with E-state index in [4.69, 9.17) is 12.2 Å². The number of para-hydroxylation sites is 1. The summed E-state index contributed by atoms with van der Waals surface area (Å²) in [5.41, 5.74) is -1.06. The second kappa shape index (κ2) is 5.37. The maximum Gasteiger partial charge on any atom is 0.325 e. The van der Waals surface area contributed by atoms with Crippen LogP contribution in [0.3, 0.4) is 0 Å². The lowest BCUT2D eigenvalue weighted by Crippen LogP contribution is -2.27. The summed E-state index contributed by atoms with van der Waals surface area (Å²) >= 11 is 5.13. The van der Waals surface area contributed by atoms with Gasteiger partial charge in [-0.25, -0.2) is 9.78 Å². The Kier molecular flexibility index (Phi) is 3.39. The zero-order chi connectivity index (χ0) is 15.7. The van der Waals surface area contributed by atoms with Crippen LogP contribution in [0.1, 0.15) is 5.82 Å². The van der Waals surface area contributed by atoms with Gasteiger partial charge in [0.2, 0.25) is 0 Å². The number of nitrogens with zero attached hydrogens (tertiary/aromatic N) is 1. The number of H-pyrrole nitrogens is 3. The third-order valence-electron chi connectivity index (χ3n) is 2.90. The number of benzene rings is 1. The molecule has 0 bridgehead atoms. The van der Waals surface area contributed by atoms with Crippen molar-refractivity contribution >= 4 is 33.8 Å². The van der Waals surface area contributed by atoms with E-state index in [1.165, 1.54) is 6.20 Å². The molecule has 0 amide bonds. The Balaban J connectivity index is 2.00. The molecule has 3 aromatic rings. The van der Waals surface area contributed by atoms with Gasteiger partial charge in [-0.05, 0) is 12.1 Å². The van der Waals surface area contributed by atoms with Gasteiger partial charge in [-0.2, -0.15) is 0 Å². The molecule has 8 nitrogen and oxygen atoms in total. The molecule has 0 aliphatic carbocycles. The van der Waals surface area contributed by atoms with Crippen LogP contribution in [0.4, 0.5) is 5.69 Å². The van der Waals surface area contributed by atoms with Crippen LogP contribution in [0, 0.1) is 0 Å². The van der Waals surface area contributed by atoms with Crippen LogP contribution in [-0.2, 0) is 0 Å². The van der Waals surface area contributed by atoms with Crippen LogP contribution in [0.25, 0.3) is 10.9 Å². The summed E-state index contributed by atoms with van der Waals surface area (Å²) in [5.74, 6) is 0.129. The number of rotatable bonds is 2. The minimum atomic E-state index is -0.630. The van der Waals surface area contributed by atoms with Gasteiger partial charge in [0.15, 0.2) is 5.82 Å². The van der Waals surface area contributed by atoms with Crippen molar-refractivity contribution in [2.45, 2.75) is 0 Å². The molecule has 0 spiro atoms. The van der Waals surface area contributed by atoms with Crippen molar-refractivity contribution in [1.29, 1.82) is 0 Å². The number of nitrogens with one attached hydrogen (secondary N) is 4. The highest BCUT2D eigenvalue weighted by Crippen LogP contribution is 2.07. The Labute approximate surface area is 127 Å². The minimum absolute atomic E-state index is 0.0420. The van der Waals surface area contributed by atoms with E-state index in [0.29, 0.717) is 10.9 Å². The predicted octanol–water partition coefficient (Wildman–Crippen LogP) is 0.0873. The lowest BCUT2D eigenvalue weighted by atomic mass is 10.2. The second-order valence-electron chi connectivity index (χ2n) is 4.37. The fourth-order valence-electron chi connectivity index (χ4n) is 1.88. The number of anilines is 1. The van der Waals surface area contributed by atoms with Crippen LogP contribution < -0.4 is 22.1 Å². The van der Waals surface area contributed by atoms with E-state index in [2.05, 4.69) is 25.3 Å². The molecule has 2 aromatic heterocycles. The molecule has 0 radical (unpaired) electrons. The van der Waals surface area contributed by atoms with Gasteiger partial charge in [0.05, 0.1) is 10.9 Å². The van der Waals surface area contributed by atoms with Crippen LogP contribution in [0.2, 0.25) is 0 Å². The van der Waals surface area contributed by atoms with E-state index in [1.807, 2.05) is 0 Å². The number of aromatic nitrogens is 4. The summed E-state index contributed by atoms with van der Waals surface area (Å²) in [6, 6.07) is 6.81. The number of fused-ring (bicyclic) bond motifs is 1. The third-order valence-corrected chi connectivity index (χ3v) is 3.19. The molecule has 3 rings (SSSR count). The van der Waals surface area contributed by atoms with Gasteiger partial charge < -0.3 is 15.3 Å². The van der Waals surface area contributed by atoms with E-state index in [1.54, 1.807) is 24.3 Å². The Bertz CT molecular complexity index is 1050. The molecular formula is C13H9N5O3S. The van der Waals surface area contributed by atoms with Crippen molar-refractivity contribution < 1.29 is 0 Å². The molecule has 22 heavy (non-hydrogen) atoms.